The minimum absolute atomic E-state index is 0.333. The third-order valence-corrected chi connectivity index (χ3v) is 6.27. The molecule has 3 aliphatic rings. The van der Waals surface area contributed by atoms with Crippen molar-refractivity contribution in [1.82, 2.24) is 19.3 Å². The van der Waals surface area contributed by atoms with Crippen LogP contribution in [0.15, 0.2) is 0 Å². The molecule has 0 aromatic carbocycles. The highest BCUT2D eigenvalue weighted by Gasteiger charge is 2.38. The molecule has 4 rings (SSSR count). The van der Waals surface area contributed by atoms with Gasteiger partial charge in [0.2, 0.25) is 10.0 Å². The van der Waals surface area contributed by atoms with Gasteiger partial charge in [-0.05, 0) is 37.5 Å². The Kier molecular flexibility index (Phi) is 3.93. The lowest BCUT2D eigenvalue weighted by Crippen LogP contribution is -2.42. The zero-order valence-corrected chi connectivity index (χ0v) is 14.3. The fraction of sp³-hybridized carbons (Fsp3) is 0.867. The van der Waals surface area contributed by atoms with Crippen LogP contribution in [-0.4, -0.2) is 53.7 Å². The van der Waals surface area contributed by atoms with E-state index < -0.39 is 10.0 Å². The lowest BCUT2D eigenvalue weighted by atomic mass is 10.1. The molecule has 1 aliphatic heterocycles. The molecule has 1 aromatic rings. The van der Waals surface area contributed by atoms with Crippen molar-refractivity contribution in [3.8, 4) is 0 Å². The maximum absolute atomic E-state index is 12.1. The van der Waals surface area contributed by atoms with Crippen molar-refractivity contribution in [3.63, 3.8) is 0 Å². The van der Waals surface area contributed by atoms with Crippen molar-refractivity contribution in [2.75, 3.05) is 26.0 Å². The fourth-order valence-corrected chi connectivity index (χ4v) is 4.30. The van der Waals surface area contributed by atoms with Crippen LogP contribution in [0, 0.1) is 11.8 Å². The van der Waals surface area contributed by atoms with E-state index in [0.29, 0.717) is 25.5 Å². The zero-order valence-electron chi connectivity index (χ0n) is 13.5. The van der Waals surface area contributed by atoms with Crippen LogP contribution in [0.4, 0.5) is 0 Å². The van der Waals surface area contributed by atoms with E-state index in [0.717, 1.165) is 30.5 Å². The highest BCUT2D eigenvalue weighted by atomic mass is 32.2. The van der Waals surface area contributed by atoms with Crippen molar-refractivity contribution in [2.24, 2.45) is 11.8 Å². The zero-order chi connectivity index (χ0) is 16.0. The van der Waals surface area contributed by atoms with Gasteiger partial charge in [0.05, 0.1) is 24.6 Å². The average molecular weight is 340 g/mol. The standard InChI is InChI=1S/C15H24N4O3S/c1-23(20,21)19-7-6-13-15(14(19)10-22-9-12-4-5-12)16-17-18(13)8-11-2-3-11/h11-12,14H,2-10H2,1H3. The molecule has 1 unspecified atom stereocenters. The van der Waals surface area contributed by atoms with Gasteiger partial charge in [0.15, 0.2) is 0 Å². The Bertz CT molecular complexity index is 679. The number of ether oxygens (including phenoxy) is 1. The van der Waals surface area contributed by atoms with Gasteiger partial charge in [-0.1, -0.05) is 5.21 Å². The third-order valence-electron chi connectivity index (χ3n) is 4.98. The van der Waals surface area contributed by atoms with E-state index in [4.69, 9.17) is 4.74 Å². The monoisotopic (exact) mass is 340 g/mol. The molecule has 7 nitrogen and oxygen atoms in total. The van der Waals surface area contributed by atoms with Gasteiger partial charge in [-0.25, -0.2) is 13.1 Å². The summed E-state index contributed by atoms with van der Waals surface area (Å²) in [5.41, 5.74) is 1.88. The van der Waals surface area contributed by atoms with Gasteiger partial charge < -0.3 is 4.74 Å². The van der Waals surface area contributed by atoms with E-state index in [1.54, 1.807) is 0 Å². The summed E-state index contributed by atoms with van der Waals surface area (Å²) in [5.74, 6) is 1.38. The maximum atomic E-state index is 12.1. The molecule has 0 spiro atoms. The average Bonchev–Trinajstić information content (AvgIpc) is 3.39. The summed E-state index contributed by atoms with van der Waals surface area (Å²) in [6.07, 6.45) is 6.92. The molecule has 0 saturated heterocycles. The summed E-state index contributed by atoms with van der Waals surface area (Å²) < 4.78 is 33.6. The fourth-order valence-electron chi connectivity index (χ4n) is 3.25. The quantitative estimate of drug-likeness (QED) is 0.739. The van der Waals surface area contributed by atoms with E-state index in [-0.39, 0.29) is 6.04 Å². The van der Waals surface area contributed by atoms with Gasteiger partial charge in [-0.2, -0.15) is 4.31 Å². The molecule has 2 saturated carbocycles. The Balaban J connectivity index is 1.55. The van der Waals surface area contributed by atoms with Crippen molar-refractivity contribution in [3.05, 3.63) is 11.4 Å². The first-order valence-corrected chi connectivity index (χ1v) is 10.3. The van der Waals surface area contributed by atoms with Crippen LogP contribution in [0.25, 0.3) is 0 Å². The first kappa shape index (κ1) is 15.5. The third kappa shape index (κ3) is 3.44. The second kappa shape index (κ2) is 5.82. The predicted molar refractivity (Wildman–Crippen MR) is 84.3 cm³/mol. The van der Waals surface area contributed by atoms with E-state index in [1.165, 1.54) is 36.2 Å². The number of rotatable bonds is 7. The van der Waals surface area contributed by atoms with E-state index in [9.17, 15) is 8.42 Å². The number of fused-ring (bicyclic) bond motifs is 1. The molecule has 0 bridgehead atoms. The summed E-state index contributed by atoms with van der Waals surface area (Å²) >= 11 is 0. The molecule has 8 heteroatoms. The Labute approximate surface area is 137 Å². The SMILES string of the molecule is CS(=O)(=O)N1CCc2c(nnn2CC2CC2)C1COCC1CC1. The maximum Gasteiger partial charge on any atom is 0.211 e. The van der Waals surface area contributed by atoms with Crippen LogP contribution in [0.1, 0.15) is 43.1 Å². The summed E-state index contributed by atoms with van der Waals surface area (Å²) in [5, 5.41) is 8.61. The number of nitrogens with zero attached hydrogens (tertiary/aromatic N) is 4. The van der Waals surface area contributed by atoms with E-state index in [2.05, 4.69) is 10.3 Å². The molecule has 2 aliphatic carbocycles. The van der Waals surface area contributed by atoms with Gasteiger partial charge >= 0.3 is 0 Å². The number of aromatic nitrogens is 3. The van der Waals surface area contributed by atoms with Crippen molar-refractivity contribution in [1.29, 1.82) is 0 Å². The van der Waals surface area contributed by atoms with Crippen molar-refractivity contribution < 1.29 is 13.2 Å². The highest BCUT2D eigenvalue weighted by molar-refractivity contribution is 7.88. The number of hydrogen-bond acceptors (Lipinski definition) is 5. The lowest BCUT2D eigenvalue weighted by Gasteiger charge is -2.32. The van der Waals surface area contributed by atoms with Crippen LogP contribution >= 0.6 is 0 Å². The van der Waals surface area contributed by atoms with Gasteiger partial charge in [0.1, 0.15) is 5.69 Å². The molecule has 1 aromatic heterocycles. The predicted octanol–water partition coefficient (Wildman–Crippen LogP) is 0.973. The van der Waals surface area contributed by atoms with Gasteiger partial charge in [-0.3, -0.25) is 0 Å². The topological polar surface area (TPSA) is 77.3 Å². The molecule has 2 heterocycles. The normalized spacial score (nSPS) is 25.5. The molecule has 128 valence electrons. The molecule has 23 heavy (non-hydrogen) atoms. The van der Waals surface area contributed by atoms with Crippen LogP contribution in [0.5, 0.6) is 0 Å². The Morgan fingerprint density at radius 2 is 1.91 bits per heavy atom. The van der Waals surface area contributed by atoms with Crippen LogP contribution in [0.2, 0.25) is 0 Å². The Hall–Kier alpha value is -0.990. The van der Waals surface area contributed by atoms with E-state index >= 15 is 0 Å². The molecule has 0 radical (unpaired) electrons. The summed E-state index contributed by atoms with van der Waals surface area (Å²) in [7, 11) is -3.28. The molecular weight excluding hydrogens is 316 g/mol. The highest BCUT2D eigenvalue weighted by Crippen LogP contribution is 2.35. The van der Waals surface area contributed by atoms with Crippen LogP contribution < -0.4 is 0 Å². The minimum atomic E-state index is -3.28. The molecule has 2 fully saturated rings. The molecule has 0 N–H and O–H groups in total. The Morgan fingerprint density at radius 3 is 2.57 bits per heavy atom. The largest absolute Gasteiger partial charge is 0.379 e. The van der Waals surface area contributed by atoms with Crippen molar-refractivity contribution in [2.45, 2.75) is 44.7 Å². The van der Waals surface area contributed by atoms with Crippen molar-refractivity contribution >= 4 is 10.0 Å². The smallest absolute Gasteiger partial charge is 0.211 e. The minimum Gasteiger partial charge on any atom is -0.379 e. The lowest BCUT2D eigenvalue weighted by molar-refractivity contribution is 0.0762. The first-order chi connectivity index (χ1) is 11.0. The summed E-state index contributed by atoms with van der Waals surface area (Å²) in [4.78, 5) is 0. The molecule has 0 amide bonds. The van der Waals surface area contributed by atoms with Crippen LogP contribution in [0.3, 0.4) is 0 Å². The molecular formula is C15H24N4O3S. The van der Waals surface area contributed by atoms with Gasteiger partial charge in [-0.15, -0.1) is 5.10 Å². The van der Waals surface area contributed by atoms with Gasteiger partial charge in [0, 0.05) is 26.1 Å². The second-order valence-electron chi connectivity index (χ2n) is 7.17. The summed E-state index contributed by atoms with van der Waals surface area (Å²) in [6, 6.07) is -0.333. The number of hydrogen-bond donors (Lipinski definition) is 0. The van der Waals surface area contributed by atoms with Gasteiger partial charge in [0.25, 0.3) is 0 Å². The Morgan fingerprint density at radius 1 is 1.17 bits per heavy atom. The summed E-state index contributed by atoms with van der Waals surface area (Å²) in [6.45, 7) is 2.50. The number of sulfonamides is 1. The second-order valence-corrected chi connectivity index (χ2v) is 9.10. The van der Waals surface area contributed by atoms with Crippen LogP contribution in [-0.2, 0) is 27.7 Å². The van der Waals surface area contributed by atoms with E-state index in [1.807, 2.05) is 4.68 Å². The first-order valence-electron chi connectivity index (χ1n) is 8.49. The molecule has 1 atom stereocenters.